The predicted molar refractivity (Wildman–Crippen MR) is 98.2 cm³/mol. The highest BCUT2D eigenvalue weighted by atomic mass is 35.5. The Bertz CT molecular complexity index is 793. The van der Waals surface area contributed by atoms with E-state index in [1.807, 2.05) is 12.1 Å². The van der Waals surface area contributed by atoms with Crippen molar-refractivity contribution in [1.82, 2.24) is 4.90 Å². The number of benzene rings is 1. The zero-order chi connectivity index (χ0) is 18.0. The van der Waals surface area contributed by atoms with Gasteiger partial charge in [0.05, 0.1) is 30.7 Å². The molecule has 5 atom stereocenters. The Hall–Kier alpha value is -2.01. The lowest BCUT2D eigenvalue weighted by atomic mass is 9.85. The highest BCUT2D eigenvalue weighted by Crippen LogP contribution is 2.53. The molecule has 4 aliphatic rings. The molecule has 1 aromatic carbocycles. The summed E-state index contributed by atoms with van der Waals surface area (Å²) in [4.78, 5) is 29.7. The van der Waals surface area contributed by atoms with Crippen LogP contribution in [0.3, 0.4) is 0 Å². The van der Waals surface area contributed by atoms with E-state index in [4.69, 9.17) is 16.3 Å². The van der Waals surface area contributed by atoms with Crippen LogP contribution in [0.5, 0.6) is 5.75 Å². The highest BCUT2D eigenvalue weighted by Gasteiger charge is 2.60. The summed E-state index contributed by atoms with van der Waals surface area (Å²) in [6.07, 6.45) is 6.03. The van der Waals surface area contributed by atoms with Gasteiger partial charge in [0.1, 0.15) is 5.75 Å². The van der Waals surface area contributed by atoms with Gasteiger partial charge in [-0.3, -0.25) is 14.5 Å². The van der Waals surface area contributed by atoms with E-state index in [0.717, 1.165) is 30.8 Å². The third-order valence-corrected chi connectivity index (χ3v) is 6.75. The van der Waals surface area contributed by atoms with Crippen LogP contribution in [0, 0.1) is 23.7 Å². The van der Waals surface area contributed by atoms with Gasteiger partial charge >= 0.3 is 0 Å². The molecule has 2 heterocycles. The first-order valence-corrected chi connectivity index (χ1v) is 9.60. The summed E-state index contributed by atoms with van der Waals surface area (Å²) in [6, 6.07) is 5.47. The van der Waals surface area contributed by atoms with Crippen molar-refractivity contribution in [3.05, 3.63) is 35.4 Å². The molecule has 3 fully saturated rings. The average molecular weight is 373 g/mol. The molecule has 136 valence electrons. The minimum Gasteiger partial charge on any atom is -0.495 e. The van der Waals surface area contributed by atoms with Crippen LogP contribution < -0.4 is 9.64 Å². The van der Waals surface area contributed by atoms with Crippen LogP contribution in [0.15, 0.2) is 30.4 Å². The molecule has 6 heteroatoms. The second-order valence-electron chi connectivity index (χ2n) is 7.75. The molecule has 2 aliphatic carbocycles. The molecular weight excluding hydrogens is 352 g/mol. The number of hydrogen-bond acceptors (Lipinski definition) is 4. The maximum atomic E-state index is 13.0. The zero-order valence-corrected chi connectivity index (χ0v) is 15.4. The Balaban J connectivity index is 1.38. The fraction of sp³-hybridized carbons (Fsp3) is 0.500. The molecule has 2 amide bonds. The van der Waals surface area contributed by atoms with Gasteiger partial charge in [-0.25, -0.2) is 0 Å². The van der Waals surface area contributed by atoms with Crippen molar-refractivity contribution in [1.29, 1.82) is 0 Å². The number of rotatable bonds is 3. The summed E-state index contributed by atoms with van der Waals surface area (Å²) in [5, 5.41) is 0.648. The lowest BCUT2D eigenvalue weighted by molar-refractivity contribution is -0.143. The summed E-state index contributed by atoms with van der Waals surface area (Å²) in [7, 11) is 1.64. The summed E-state index contributed by atoms with van der Waals surface area (Å²) >= 11 is 6.16. The van der Waals surface area contributed by atoms with Crippen LogP contribution in [0.25, 0.3) is 0 Å². The van der Waals surface area contributed by atoms with Gasteiger partial charge in [0.2, 0.25) is 11.8 Å². The Labute approximate surface area is 157 Å². The van der Waals surface area contributed by atoms with Crippen molar-refractivity contribution in [2.24, 2.45) is 23.7 Å². The van der Waals surface area contributed by atoms with Crippen molar-refractivity contribution >= 4 is 29.1 Å². The second-order valence-corrected chi connectivity index (χ2v) is 8.19. The number of ether oxygens (including phenoxy) is 1. The van der Waals surface area contributed by atoms with E-state index in [2.05, 4.69) is 17.1 Å². The Morgan fingerprint density at radius 3 is 2.46 bits per heavy atom. The van der Waals surface area contributed by atoms with Gasteiger partial charge < -0.3 is 9.64 Å². The van der Waals surface area contributed by atoms with Gasteiger partial charge in [0, 0.05) is 18.1 Å². The molecule has 2 bridgehead atoms. The van der Waals surface area contributed by atoms with Gasteiger partial charge in [0.15, 0.2) is 0 Å². The van der Waals surface area contributed by atoms with Gasteiger partial charge in [-0.05, 0) is 42.9 Å². The monoisotopic (exact) mass is 372 g/mol. The van der Waals surface area contributed by atoms with Crippen molar-refractivity contribution in [2.45, 2.75) is 18.9 Å². The molecule has 5 nitrogen and oxygen atoms in total. The van der Waals surface area contributed by atoms with E-state index in [-0.39, 0.29) is 41.5 Å². The number of carbonyl (C=O) groups excluding carboxylic acids is 2. The van der Waals surface area contributed by atoms with Crippen LogP contribution in [0.2, 0.25) is 5.02 Å². The third kappa shape index (κ3) is 2.16. The van der Waals surface area contributed by atoms with Gasteiger partial charge in [-0.1, -0.05) is 23.8 Å². The summed E-state index contributed by atoms with van der Waals surface area (Å²) in [6.45, 7) is 1.41. The SMILES string of the molecule is COc1ccc(Cl)cc1N1CC[C@@H](N2C(=O)[C@@H]3[C@H](C2=O)[C@H]2C=C[C@@H]3C2)C1. The maximum absolute atomic E-state index is 13.0. The first kappa shape index (κ1) is 16.2. The van der Waals surface area contributed by atoms with Crippen LogP contribution in [-0.4, -0.2) is 43.0 Å². The second kappa shape index (κ2) is 5.74. The van der Waals surface area contributed by atoms with E-state index in [0.29, 0.717) is 11.6 Å². The quantitative estimate of drug-likeness (QED) is 0.604. The number of likely N-dealkylation sites (tertiary alicyclic amines) is 1. The maximum Gasteiger partial charge on any atom is 0.234 e. The minimum atomic E-state index is -0.118. The fourth-order valence-corrected chi connectivity index (χ4v) is 5.53. The number of hydrogen-bond donors (Lipinski definition) is 0. The van der Waals surface area contributed by atoms with Gasteiger partial charge in [0.25, 0.3) is 0 Å². The van der Waals surface area contributed by atoms with Crippen molar-refractivity contribution in [3.63, 3.8) is 0 Å². The van der Waals surface area contributed by atoms with Crippen LogP contribution >= 0.6 is 11.6 Å². The number of imide groups is 1. The van der Waals surface area contributed by atoms with Crippen molar-refractivity contribution in [2.75, 3.05) is 25.1 Å². The molecular formula is C20H21ClN2O3. The molecule has 0 N–H and O–H groups in total. The van der Waals surface area contributed by atoms with E-state index in [9.17, 15) is 9.59 Å². The lowest BCUT2D eigenvalue weighted by Gasteiger charge is -2.26. The Morgan fingerprint density at radius 1 is 1.12 bits per heavy atom. The number of amides is 2. The average Bonchev–Trinajstić information content (AvgIpc) is 3.39. The van der Waals surface area contributed by atoms with E-state index in [1.54, 1.807) is 18.1 Å². The number of allylic oxidation sites excluding steroid dienone is 2. The topological polar surface area (TPSA) is 49.9 Å². The van der Waals surface area contributed by atoms with Crippen molar-refractivity contribution in [3.8, 4) is 5.75 Å². The van der Waals surface area contributed by atoms with Gasteiger partial charge in [-0.2, -0.15) is 0 Å². The normalized spacial score (nSPS) is 34.9. The molecule has 0 radical (unpaired) electrons. The number of nitrogens with zero attached hydrogens (tertiary/aromatic N) is 2. The third-order valence-electron chi connectivity index (χ3n) is 6.51. The standard InChI is InChI=1S/C20H21ClN2O3/c1-26-16-5-4-13(21)9-15(16)22-7-6-14(10-22)23-19(24)17-11-2-3-12(8-11)18(17)20(23)25/h2-5,9,11-12,14,17-18H,6-8,10H2,1H3/t11-,12+,14-,17+,18-/m1/s1. The largest absolute Gasteiger partial charge is 0.495 e. The number of fused-ring (bicyclic) bond motifs is 5. The summed E-state index contributed by atoms with van der Waals surface area (Å²) in [5.41, 5.74) is 0.920. The molecule has 0 unspecified atom stereocenters. The van der Waals surface area contributed by atoms with Crippen LogP contribution in [0.4, 0.5) is 5.69 Å². The number of methoxy groups -OCH3 is 1. The smallest absolute Gasteiger partial charge is 0.234 e. The molecule has 5 rings (SSSR count). The summed E-state index contributed by atoms with van der Waals surface area (Å²) < 4.78 is 5.46. The fourth-order valence-electron chi connectivity index (χ4n) is 5.37. The molecule has 0 spiro atoms. The number of carbonyl (C=O) groups is 2. The first-order chi connectivity index (χ1) is 12.6. The predicted octanol–water partition coefficient (Wildman–Crippen LogP) is 2.73. The molecule has 2 saturated heterocycles. The van der Waals surface area contributed by atoms with Crippen LogP contribution in [-0.2, 0) is 9.59 Å². The Morgan fingerprint density at radius 2 is 1.81 bits per heavy atom. The van der Waals surface area contributed by atoms with Gasteiger partial charge in [-0.15, -0.1) is 0 Å². The van der Waals surface area contributed by atoms with Crippen molar-refractivity contribution < 1.29 is 14.3 Å². The molecule has 1 saturated carbocycles. The first-order valence-electron chi connectivity index (χ1n) is 9.22. The molecule has 26 heavy (non-hydrogen) atoms. The number of halogens is 1. The Kier molecular flexibility index (Phi) is 3.58. The number of anilines is 1. The van der Waals surface area contributed by atoms with E-state index >= 15 is 0 Å². The van der Waals surface area contributed by atoms with E-state index < -0.39 is 0 Å². The zero-order valence-electron chi connectivity index (χ0n) is 14.6. The molecule has 1 aromatic rings. The lowest BCUT2D eigenvalue weighted by Crippen LogP contribution is -2.43. The minimum absolute atomic E-state index is 0.0433. The molecule has 0 aromatic heterocycles. The van der Waals surface area contributed by atoms with Crippen LogP contribution in [0.1, 0.15) is 12.8 Å². The summed E-state index contributed by atoms with van der Waals surface area (Å²) in [5.74, 6) is 1.13. The highest BCUT2D eigenvalue weighted by molar-refractivity contribution is 6.31. The van der Waals surface area contributed by atoms with E-state index in [1.165, 1.54) is 0 Å². The molecule has 2 aliphatic heterocycles.